The number of rotatable bonds is 3. The number of amides is 3. The molecule has 1 aromatic heterocycles. The van der Waals surface area contributed by atoms with E-state index in [-0.39, 0.29) is 18.5 Å². The zero-order valence-electron chi connectivity index (χ0n) is 13.5. The summed E-state index contributed by atoms with van der Waals surface area (Å²) in [7, 11) is 0. The van der Waals surface area contributed by atoms with Gasteiger partial charge in [0.05, 0.1) is 24.3 Å². The molecular weight excluding hydrogens is 325 g/mol. The maximum Gasteiger partial charge on any atom is 0.315 e. The second kappa shape index (κ2) is 5.87. The van der Waals surface area contributed by atoms with E-state index in [1.807, 2.05) is 0 Å². The molecule has 0 atom stereocenters. The molecule has 2 aliphatic rings. The third-order valence-electron chi connectivity index (χ3n) is 4.53. The molecule has 0 bridgehead atoms. The third-order valence-corrected chi connectivity index (χ3v) is 4.53. The zero-order chi connectivity index (χ0) is 17.6. The summed E-state index contributed by atoms with van der Waals surface area (Å²) in [4.78, 5) is 25.8. The Labute approximate surface area is 143 Å². The summed E-state index contributed by atoms with van der Waals surface area (Å²) in [5.41, 5.74) is 7.37. The van der Waals surface area contributed by atoms with Gasteiger partial charge in [-0.25, -0.2) is 9.18 Å². The van der Waals surface area contributed by atoms with E-state index in [2.05, 4.69) is 10.4 Å². The van der Waals surface area contributed by atoms with Gasteiger partial charge in [-0.2, -0.15) is 5.10 Å². The maximum atomic E-state index is 13.7. The molecule has 3 N–H and O–H groups in total. The van der Waals surface area contributed by atoms with Gasteiger partial charge in [0.1, 0.15) is 11.5 Å². The highest BCUT2D eigenvalue weighted by molar-refractivity contribution is 6.01. The lowest BCUT2D eigenvalue weighted by Crippen LogP contribution is -2.42. The van der Waals surface area contributed by atoms with E-state index in [0.29, 0.717) is 35.6 Å². The number of hydrogen-bond donors (Lipinski definition) is 2. The number of halogens is 1. The molecule has 1 aliphatic heterocycles. The average Bonchev–Trinajstić information content (AvgIpc) is 3.30. The molecule has 4 rings (SSSR count). The summed E-state index contributed by atoms with van der Waals surface area (Å²) in [6.07, 6.45) is 1.91. The van der Waals surface area contributed by atoms with Crippen molar-refractivity contribution >= 4 is 11.9 Å². The summed E-state index contributed by atoms with van der Waals surface area (Å²) in [6, 6.07) is 5.65. The molecule has 8 heteroatoms. The van der Waals surface area contributed by atoms with Crippen LogP contribution in [0.4, 0.5) is 9.18 Å². The number of carbonyl (C=O) groups excluding carboxylic acids is 2. The molecule has 0 unspecified atom stereocenters. The van der Waals surface area contributed by atoms with Crippen molar-refractivity contribution in [3.8, 4) is 11.3 Å². The molecule has 1 saturated carbocycles. The SMILES string of the molecule is NC(=O)N1CCn2nc(-c3cccc(F)c3)c(C(=O)NC3CC3)c2C1. The van der Waals surface area contributed by atoms with E-state index >= 15 is 0 Å². The predicted molar refractivity (Wildman–Crippen MR) is 88.1 cm³/mol. The highest BCUT2D eigenvalue weighted by atomic mass is 19.1. The lowest BCUT2D eigenvalue weighted by atomic mass is 10.0. The fourth-order valence-electron chi connectivity index (χ4n) is 3.07. The number of nitrogens with zero attached hydrogens (tertiary/aromatic N) is 3. The van der Waals surface area contributed by atoms with Crippen molar-refractivity contribution in [2.45, 2.75) is 32.0 Å². The van der Waals surface area contributed by atoms with Crippen molar-refractivity contribution in [3.05, 3.63) is 41.3 Å². The Hall–Kier alpha value is -2.90. The molecule has 25 heavy (non-hydrogen) atoms. The Morgan fingerprint density at radius 1 is 1.28 bits per heavy atom. The lowest BCUT2D eigenvalue weighted by Gasteiger charge is -2.26. The summed E-state index contributed by atoms with van der Waals surface area (Å²) in [5, 5.41) is 7.47. The smallest absolute Gasteiger partial charge is 0.315 e. The number of benzene rings is 1. The highest BCUT2D eigenvalue weighted by Gasteiger charge is 2.32. The van der Waals surface area contributed by atoms with Crippen LogP contribution in [0.15, 0.2) is 24.3 Å². The summed E-state index contributed by atoms with van der Waals surface area (Å²) >= 11 is 0. The van der Waals surface area contributed by atoms with Gasteiger partial charge in [0.15, 0.2) is 0 Å². The van der Waals surface area contributed by atoms with E-state index < -0.39 is 11.8 Å². The van der Waals surface area contributed by atoms with Gasteiger partial charge in [-0.05, 0) is 25.0 Å². The van der Waals surface area contributed by atoms with Crippen molar-refractivity contribution in [1.29, 1.82) is 0 Å². The van der Waals surface area contributed by atoms with Crippen LogP contribution in [0.2, 0.25) is 0 Å². The van der Waals surface area contributed by atoms with Crippen LogP contribution in [0, 0.1) is 5.82 Å². The first-order valence-electron chi connectivity index (χ1n) is 8.24. The Morgan fingerprint density at radius 2 is 2.08 bits per heavy atom. The first-order valence-corrected chi connectivity index (χ1v) is 8.24. The number of carbonyl (C=O) groups is 2. The molecule has 2 aromatic rings. The molecule has 0 saturated heterocycles. The van der Waals surface area contributed by atoms with Crippen LogP contribution >= 0.6 is 0 Å². The number of urea groups is 1. The van der Waals surface area contributed by atoms with Crippen molar-refractivity contribution in [1.82, 2.24) is 20.0 Å². The summed E-state index contributed by atoms with van der Waals surface area (Å²) in [6.45, 7) is 1.08. The lowest BCUT2D eigenvalue weighted by molar-refractivity contribution is 0.0948. The quantitative estimate of drug-likeness (QED) is 0.884. The fourth-order valence-corrected chi connectivity index (χ4v) is 3.07. The Morgan fingerprint density at radius 3 is 2.76 bits per heavy atom. The average molecular weight is 343 g/mol. The molecule has 0 spiro atoms. The van der Waals surface area contributed by atoms with Crippen LogP contribution < -0.4 is 11.1 Å². The van der Waals surface area contributed by atoms with Gasteiger partial charge in [0.2, 0.25) is 0 Å². The first kappa shape index (κ1) is 15.6. The van der Waals surface area contributed by atoms with Crippen LogP contribution in [-0.4, -0.2) is 39.2 Å². The first-order chi connectivity index (χ1) is 12.0. The number of fused-ring (bicyclic) bond motifs is 1. The molecule has 3 amide bonds. The number of aromatic nitrogens is 2. The van der Waals surface area contributed by atoms with Crippen LogP contribution in [0.3, 0.4) is 0 Å². The van der Waals surface area contributed by atoms with Crippen molar-refractivity contribution in [2.24, 2.45) is 5.73 Å². The summed E-state index contributed by atoms with van der Waals surface area (Å²) < 4.78 is 15.4. The predicted octanol–water partition coefficient (Wildman–Crippen LogP) is 1.48. The van der Waals surface area contributed by atoms with Crippen molar-refractivity contribution in [2.75, 3.05) is 6.54 Å². The van der Waals surface area contributed by atoms with Gasteiger partial charge >= 0.3 is 6.03 Å². The third kappa shape index (κ3) is 2.95. The molecule has 7 nitrogen and oxygen atoms in total. The number of hydrogen-bond acceptors (Lipinski definition) is 3. The van der Waals surface area contributed by atoms with E-state index in [1.54, 1.807) is 16.8 Å². The second-order valence-electron chi connectivity index (χ2n) is 6.41. The summed E-state index contributed by atoms with van der Waals surface area (Å²) in [5.74, 6) is -0.634. The molecule has 0 radical (unpaired) electrons. The highest BCUT2D eigenvalue weighted by Crippen LogP contribution is 2.30. The van der Waals surface area contributed by atoms with Crippen LogP contribution in [0.1, 0.15) is 28.9 Å². The minimum atomic E-state index is -0.534. The molecule has 130 valence electrons. The number of nitrogens with one attached hydrogen (secondary N) is 1. The molecular formula is C17H18FN5O2. The zero-order valence-corrected chi connectivity index (χ0v) is 13.5. The monoisotopic (exact) mass is 343 g/mol. The van der Waals surface area contributed by atoms with Gasteiger partial charge in [-0.3, -0.25) is 9.48 Å². The normalized spacial score (nSPS) is 16.4. The Balaban J connectivity index is 1.80. The molecule has 1 aromatic carbocycles. The number of nitrogens with two attached hydrogens (primary N) is 1. The van der Waals surface area contributed by atoms with E-state index in [0.717, 1.165) is 12.8 Å². The molecule has 2 heterocycles. The van der Waals surface area contributed by atoms with Crippen molar-refractivity contribution < 1.29 is 14.0 Å². The molecule has 1 aliphatic carbocycles. The Kier molecular flexibility index (Phi) is 3.67. The van der Waals surface area contributed by atoms with Crippen LogP contribution in [0.5, 0.6) is 0 Å². The van der Waals surface area contributed by atoms with Crippen LogP contribution in [0.25, 0.3) is 11.3 Å². The van der Waals surface area contributed by atoms with Gasteiger partial charge in [-0.1, -0.05) is 12.1 Å². The minimum absolute atomic E-state index is 0.180. The minimum Gasteiger partial charge on any atom is -0.351 e. The van der Waals surface area contributed by atoms with Crippen LogP contribution in [-0.2, 0) is 13.1 Å². The molecule has 1 fully saturated rings. The number of primary amides is 1. The van der Waals surface area contributed by atoms with Gasteiger partial charge in [-0.15, -0.1) is 0 Å². The maximum absolute atomic E-state index is 13.7. The topological polar surface area (TPSA) is 93.2 Å². The fraction of sp³-hybridized carbons (Fsp3) is 0.353. The largest absolute Gasteiger partial charge is 0.351 e. The van der Waals surface area contributed by atoms with E-state index in [9.17, 15) is 14.0 Å². The standard InChI is InChI=1S/C17H18FN5O2/c18-11-3-1-2-10(8-11)15-14(16(24)20-12-4-5-12)13-9-22(17(19)25)6-7-23(13)21-15/h1-3,8,12H,4-7,9H2,(H2,19,25)(H,20,24). The van der Waals surface area contributed by atoms with Crippen molar-refractivity contribution in [3.63, 3.8) is 0 Å². The van der Waals surface area contributed by atoms with Gasteiger partial charge in [0.25, 0.3) is 5.91 Å². The van der Waals surface area contributed by atoms with Gasteiger partial charge < -0.3 is 16.0 Å². The van der Waals surface area contributed by atoms with E-state index in [4.69, 9.17) is 5.73 Å². The Bertz CT molecular complexity index is 859. The van der Waals surface area contributed by atoms with E-state index in [1.165, 1.54) is 17.0 Å². The second-order valence-corrected chi connectivity index (χ2v) is 6.41. The van der Waals surface area contributed by atoms with Gasteiger partial charge in [0, 0.05) is 18.2 Å².